The zero-order valence-electron chi connectivity index (χ0n) is 11.0. The van der Waals surface area contributed by atoms with Gasteiger partial charge in [0.1, 0.15) is 5.75 Å². The molecule has 1 N–H and O–H groups in total. The smallest absolute Gasteiger partial charge is 0.116 e. The highest BCUT2D eigenvalue weighted by molar-refractivity contribution is 7.85. The quantitative estimate of drug-likeness (QED) is 0.735. The second-order valence-corrected chi connectivity index (χ2v) is 6.62. The maximum atomic E-state index is 12.8. The number of fused-ring (bicyclic) bond motifs is 2. The minimum atomic E-state index is -1.14. The van der Waals surface area contributed by atoms with E-state index in [-0.39, 0.29) is 11.7 Å². The molecule has 0 saturated carbocycles. The van der Waals surface area contributed by atoms with E-state index < -0.39 is 10.8 Å². The maximum absolute atomic E-state index is 12.8. The third-order valence-corrected chi connectivity index (χ3v) is 5.21. The van der Waals surface area contributed by atoms with Crippen molar-refractivity contribution in [2.75, 3.05) is 0 Å². The van der Waals surface area contributed by atoms with Gasteiger partial charge in [0.05, 0.1) is 15.7 Å². The highest BCUT2D eigenvalue weighted by Crippen LogP contribution is 2.38. The number of hydrogen-bond donors (Lipinski definition) is 1. The Labute approximate surface area is 115 Å². The average molecular weight is 272 g/mol. The van der Waals surface area contributed by atoms with Crippen LogP contribution in [-0.2, 0) is 17.2 Å². The molecule has 0 saturated heterocycles. The predicted molar refractivity (Wildman–Crippen MR) is 76.1 cm³/mol. The molecule has 0 aromatic heterocycles. The van der Waals surface area contributed by atoms with Crippen molar-refractivity contribution in [3.63, 3.8) is 0 Å². The van der Waals surface area contributed by atoms with Gasteiger partial charge in [-0.25, -0.2) is 4.21 Å². The molecule has 0 aliphatic carbocycles. The van der Waals surface area contributed by atoms with Gasteiger partial charge in [-0.05, 0) is 40.8 Å². The van der Waals surface area contributed by atoms with Gasteiger partial charge in [0.2, 0.25) is 0 Å². The SMILES string of the molecule is CC(C)c1cc(O)cc2c1S(=O)c1ccccc1C2. The van der Waals surface area contributed by atoms with Crippen LogP contribution in [0.15, 0.2) is 46.2 Å². The van der Waals surface area contributed by atoms with E-state index in [4.69, 9.17) is 0 Å². The summed E-state index contributed by atoms with van der Waals surface area (Å²) < 4.78 is 12.8. The second kappa shape index (κ2) is 4.49. The molecule has 2 nitrogen and oxygen atoms in total. The minimum Gasteiger partial charge on any atom is -0.508 e. The summed E-state index contributed by atoms with van der Waals surface area (Å²) in [5.74, 6) is 0.508. The van der Waals surface area contributed by atoms with Crippen LogP contribution in [0.25, 0.3) is 0 Å². The van der Waals surface area contributed by atoms with Gasteiger partial charge in [0, 0.05) is 11.3 Å². The van der Waals surface area contributed by atoms with Gasteiger partial charge in [-0.1, -0.05) is 32.0 Å². The van der Waals surface area contributed by atoms with Crippen LogP contribution in [0.1, 0.15) is 36.5 Å². The van der Waals surface area contributed by atoms with Crippen LogP contribution in [0.3, 0.4) is 0 Å². The fraction of sp³-hybridized carbons (Fsp3) is 0.250. The maximum Gasteiger partial charge on any atom is 0.116 e. The van der Waals surface area contributed by atoms with Gasteiger partial charge in [0.25, 0.3) is 0 Å². The van der Waals surface area contributed by atoms with Crippen molar-refractivity contribution in [3.8, 4) is 5.75 Å². The van der Waals surface area contributed by atoms with Crippen molar-refractivity contribution in [2.45, 2.75) is 36.0 Å². The van der Waals surface area contributed by atoms with Gasteiger partial charge >= 0.3 is 0 Å². The van der Waals surface area contributed by atoms with E-state index >= 15 is 0 Å². The molecule has 1 aliphatic heterocycles. The van der Waals surface area contributed by atoms with E-state index in [1.807, 2.05) is 24.3 Å². The molecule has 1 heterocycles. The van der Waals surface area contributed by atoms with Crippen molar-refractivity contribution in [1.82, 2.24) is 0 Å². The molecule has 0 fully saturated rings. The third kappa shape index (κ3) is 1.98. The lowest BCUT2D eigenvalue weighted by Crippen LogP contribution is -2.12. The lowest BCUT2D eigenvalue weighted by atomic mass is 9.96. The molecule has 2 aromatic carbocycles. The largest absolute Gasteiger partial charge is 0.508 e. The molecule has 0 amide bonds. The first-order valence-electron chi connectivity index (χ1n) is 6.43. The Morgan fingerprint density at radius 3 is 2.63 bits per heavy atom. The monoisotopic (exact) mass is 272 g/mol. The van der Waals surface area contributed by atoms with E-state index in [0.29, 0.717) is 0 Å². The summed E-state index contributed by atoms with van der Waals surface area (Å²) >= 11 is 0. The molecule has 0 bridgehead atoms. The molecule has 19 heavy (non-hydrogen) atoms. The van der Waals surface area contributed by atoms with Crippen molar-refractivity contribution in [2.24, 2.45) is 0 Å². The van der Waals surface area contributed by atoms with E-state index in [1.54, 1.807) is 12.1 Å². The standard InChI is InChI=1S/C16H16O2S/c1-10(2)14-9-13(17)8-12-7-11-5-3-4-6-15(11)19(18)16(12)14/h3-6,8-10,17H,7H2,1-2H3. The van der Waals surface area contributed by atoms with Crippen molar-refractivity contribution in [1.29, 1.82) is 0 Å². The molecule has 0 radical (unpaired) electrons. The highest BCUT2D eigenvalue weighted by Gasteiger charge is 2.26. The highest BCUT2D eigenvalue weighted by atomic mass is 32.2. The average Bonchev–Trinajstić information content (AvgIpc) is 2.37. The van der Waals surface area contributed by atoms with E-state index in [9.17, 15) is 9.32 Å². The van der Waals surface area contributed by atoms with Gasteiger partial charge in [-0.2, -0.15) is 0 Å². The first-order chi connectivity index (χ1) is 9.08. The Hall–Kier alpha value is -1.61. The van der Waals surface area contributed by atoms with Crippen LogP contribution in [0, 0.1) is 0 Å². The Bertz CT molecular complexity index is 674. The van der Waals surface area contributed by atoms with Crippen molar-refractivity contribution in [3.05, 3.63) is 53.1 Å². The van der Waals surface area contributed by atoms with Crippen LogP contribution in [0.5, 0.6) is 5.75 Å². The Balaban J connectivity index is 2.26. The zero-order chi connectivity index (χ0) is 13.6. The van der Waals surface area contributed by atoms with E-state index in [2.05, 4.69) is 13.8 Å². The lowest BCUT2D eigenvalue weighted by molar-refractivity contribution is 0.472. The summed E-state index contributed by atoms with van der Waals surface area (Å²) in [6.07, 6.45) is 0.741. The van der Waals surface area contributed by atoms with Gasteiger partial charge in [-0.3, -0.25) is 0 Å². The Morgan fingerprint density at radius 2 is 1.89 bits per heavy atom. The van der Waals surface area contributed by atoms with Crippen LogP contribution in [0.4, 0.5) is 0 Å². The second-order valence-electron chi connectivity index (χ2n) is 5.23. The number of rotatable bonds is 1. The molecule has 0 spiro atoms. The summed E-state index contributed by atoms with van der Waals surface area (Å²) in [6.45, 7) is 4.12. The number of aromatic hydroxyl groups is 1. The summed E-state index contributed by atoms with van der Waals surface area (Å²) in [5, 5.41) is 9.85. The number of hydrogen-bond acceptors (Lipinski definition) is 2. The normalized spacial score (nSPS) is 17.1. The summed E-state index contributed by atoms with van der Waals surface area (Å²) in [4.78, 5) is 1.80. The van der Waals surface area contributed by atoms with Crippen molar-refractivity contribution >= 4 is 10.8 Å². The first-order valence-corrected chi connectivity index (χ1v) is 7.58. The van der Waals surface area contributed by atoms with Crippen LogP contribution < -0.4 is 0 Å². The Kier molecular flexibility index (Phi) is 2.94. The number of benzene rings is 2. The number of phenols is 1. The molecule has 1 atom stereocenters. The van der Waals surface area contributed by atoms with Crippen LogP contribution >= 0.6 is 0 Å². The molecule has 3 rings (SSSR count). The topological polar surface area (TPSA) is 37.3 Å². The van der Waals surface area contributed by atoms with Gasteiger partial charge in [0.15, 0.2) is 0 Å². The first kappa shape index (κ1) is 12.4. The van der Waals surface area contributed by atoms with Crippen LogP contribution in [-0.4, -0.2) is 9.32 Å². The lowest BCUT2D eigenvalue weighted by Gasteiger charge is -2.23. The molecular formula is C16H16O2S. The van der Waals surface area contributed by atoms with E-state index in [1.165, 1.54) is 0 Å². The molecule has 3 heteroatoms. The predicted octanol–water partition coefficient (Wildman–Crippen LogP) is 3.59. The summed E-state index contributed by atoms with van der Waals surface area (Å²) in [7, 11) is -1.14. The minimum absolute atomic E-state index is 0.245. The molecule has 1 unspecified atom stereocenters. The summed E-state index contributed by atoms with van der Waals surface area (Å²) in [6, 6.07) is 11.3. The fourth-order valence-electron chi connectivity index (χ4n) is 2.63. The van der Waals surface area contributed by atoms with Crippen molar-refractivity contribution < 1.29 is 9.32 Å². The molecular weight excluding hydrogens is 256 g/mol. The van der Waals surface area contributed by atoms with Gasteiger partial charge < -0.3 is 5.11 Å². The third-order valence-electron chi connectivity index (χ3n) is 3.54. The fourth-order valence-corrected chi connectivity index (χ4v) is 4.31. The number of phenolic OH excluding ortho intramolecular Hbond substituents is 1. The molecule has 2 aromatic rings. The molecule has 1 aliphatic rings. The zero-order valence-corrected chi connectivity index (χ0v) is 11.8. The molecule has 98 valence electrons. The van der Waals surface area contributed by atoms with Gasteiger partial charge in [-0.15, -0.1) is 0 Å². The Morgan fingerprint density at radius 1 is 1.16 bits per heavy atom. The van der Waals surface area contributed by atoms with E-state index in [0.717, 1.165) is 32.9 Å². The summed E-state index contributed by atoms with van der Waals surface area (Å²) in [5.41, 5.74) is 3.07. The van der Waals surface area contributed by atoms with Crippen LogP contribution in [0.2, 0.25) is 0 Å².